The molecule has 5 nitrogen and oxygen atoms in total. The average Bonchev–Trinajstić information content (AvgIpc) is 2.86. The Morgan fingerprint density at radius 2 is 2.17 bits per heavy atom. The largest absolute Gasteiger partial charge is 0.329 e. The molecule has 0 aliphatic carbocycles. The van der Waals surface area contributed by atoms with Crippen LogP contribution in [-0.4, -0.2) is 29.0 Å². The Morgan fingerprint density at radius 3 is 2.72 bits per heavy atom. The number of nitrogens with two attached hydrogens (primary N) is 1. The number of nitro benzene ring substituents is 1. The smallest absolute Gasteiger partial charge is 0.269 e. The van der Waals surface area contributed by atoms with Crippen LogP contribution >= 0.6 is 0 Å². The van der Waals surface area contributed by atoms with Crippen molar-refractivity contribution in [3.05, 3.63) is 39.9 Å². The summed E-state index contributed by atoms with van der Waals surface area (Å²) in [6, 6.07) is 7.53. The van der Waals surface area contributed by atoms with E-state index in [9.17, 15) is 10.1 Å². The molecule has 0 spiro atoms. The molecule has 2 atom stereocenters. The molecule has 5 heteroatoms. The normalized spacial score (nSPS) is 22.0. The molecule has 1 saturated heterocycles. The second-order valence-corrected chi connectivity index (χ2v) is 4.79. The summed E-state index contributed by atoms with van der Waals surface area (Å²) in [5, 5.41) is 10.6. The van der Waals surface area contributed by atoms with E-state index in [4.69, 9.17) is 5.73 Å². The van der Waals surface area contributed by atoms with Gasteiger partial charge in [-0.1, -0.05) is 12.1 Å². The van der Waals surface area contributed by atoms with Gasteiger partial charge >= 0.3 is 0 Å². The van der Waals surface area contributed by atoms with E-state index in [-0.39, 0.29) is 16.7 Å². The molecule has 2 rings (SSSR count). The van der Waals surface area contributed by atoms with Gasteiger partial charge in [-0.25, -0.2) is 0 Å². The third kappa shape index (κ3) is 2.52. The summed E-state index contributed by atoms with van der Waals surface area (Å²) in [7, 11) is 0. The quantitative estimate of drug-likeness (QED) is 0.655. The fourth-order valence-electron chi connectivity index (χ4n) is 2.69. The lowest BCUT2D eigenvalue weighted by Gasteiger charge is -2.30. The maximum atomic E-state index is 10.6. The monoisotopic (exact) mass is 249 g/mol. The highest BCUT2D eigenvalue weighted by molar-refractivity contribution is 5.34. The SMILES string of the molecule is CC(c1ccc([N+](=O)[O-])cc1)N1CCCC1CN. The van der Waals surface area contributed by atoms with Crippen molar-refractivity contribution in [3.63, 3.8) is 0 Å². The lowest BCUT2D eigenvalue weighted by molar-refractivity contribution is -0.384. The number of benzene rings is 1. The Morgan fingerprint density at radius 1 is 1.50 bits per heavy atom. The molecule has 2 N–H and O–H groups in total. The van der Waals surface area contributed by atoms with Gasteiger partial charge in [-0.3, -0.25) is 15.0 Å². The molecule has 1 fully saturated rings. The Hall–Kier alpha value is -1.46. The molecule has 0 bridgehead atoms. The highest BCUT2D eigenvalue weighted by Gasteiger charge is 2.28. The fraction of sp³-hybridized carbons (Fsp3) is 0.538. The zero-order chi connectivity index (χ0) is 13.1. The molecule has 2 unspecified atom stereocenters. The van der Waals surface area contributed by atoms with Crippen LogP contribution in [0.3, 0.4) is 0 Å². The lowest BCUT2D eigenvalue weighted by atomic mass is 10.1. The van der Waals surface area contributed by atoms with Crippen molar-refractivity contribution in [3.8, 4) is 0 Å². The van der Waals surface area contributed by atoms with Crippen molar-refractivity contribution in [2.45, 2.75) is 31.8 Å². The topological polar surface area (TPSA) is 72.4 Å². The van der Waals surface area contributed by atoms with Gasteiger partial charge in [0.15, 0.2) is 0 Å². The maximum Gasteiger partial charge on any atom is 0.269 e. The first-order valence-corrected chi connectivity index (χ1v) is 6.33. The van der Waals surface area contributed by atoms with Crippen molar-refractivity contribution >= 4 is 5.69 Å². The van der Waals surface area contributed by atoms with Crippen molar-refractivity contribution in [1.82, 2.24) is 4.90 Å². The molecule has 1 aliphatic heterocycles. The van der Waals surface area contributed by atoms with Gasteiger partial charge in [-0.15, -0.1) is 0 Å². The predicted molar refractivity (Wildman–Crippen MR) is 70.3 cm³/mol. The summed E-state index contributed by atoms with van der Waals surface area (Å²) >= 11 is 0. The molecule has 0 saturated carbocycles. The number of non-ortho nitro benzene ring substituents is 1. The minimum atomic E-state index is -0.368. The van der Waals surface area contributed by atoms with Crippen LogP contribution in [0.5, 0.6) is 0 Å². The Balaban J connectivity index is 2.13. The molecule has 0 amide bonds. The van der Waals surface area contributed by atoms with E-state index in [0.717, 1.165) is 18.5 Å². The highest BCUT2D eigenvalue weighted by Crippen LogP contribution is 2.29. The number of hydrogen-bond acceptors (Lipinski definition) is 4. The van der Waals surface area contributed by atoms with Crippen LogP contribution in [0, 0.1) is 10.1 Å². The standard InChI is InChI=1S/C13H19N3O2/c1-10(15-8-2-3-13(15)9-14)11-4-6-12(7-5-11)16(17)18/h4-7,10,13H,2-3,8-9,14H2,1H3. The molecule has 98 valence electrons. The van der Waals surface area contributed by atoms with E-state index in [1.807, 2.05) is 12.1 Å². The molecular weight excluding hydrogens is 230 g/mol. The molecule has 18 heavy (non-hydrogen) atoms. The van der Waals surface area contributed by atoms with Gasteiger partial charge in [0.2, 0.25) is 0 Å². The van der Waals surface area contributed by atoms with Crippen LogP contribution in [0.2, 0.25) is 0 Å². The zero-order valence-corrected chi connectivity index (χ0v) is 10.6. The summed E-state index contributed by atoms with van der Waals surface area (Å²) in [4.78, 5) is 12.6. The van der Waals surface area contributed by atoms with E-state index in [0.29, 0.717) is 12.6 Å². The number of nitro groups is 1. The summed E-state index contributed by atoms with van der Waals surface area (Å²) in [6.45, 7) is 3.87. The number of likely N-dealkylation sites (tertiary alicyclic amines) is 1. The lowest BCUT2D eigenvalue weighted by Crippen LogP contribution is -2.37. The van der Waals surface area contributed by atoms with Gasteiger partial charge < -0.3 is 5.73 Å². The molecule has 1 aliphatic rings. The molecule has 0 radical (unpaired) electrons. The van der Waals surface area contributed by atoms with Gasteiger partial charge in [0.05, 0.1) is 4.92 Å². The molecule has 1 aromatic carbocycles. The first-order valence-electron chi connectivity index (χ1n) is 6.33. The fourth-order valence-corrected chi connectivity index (χ4v) is 2.69. The Kier molecular flexibility index (Phi) is 3.93. The van der Waals surface area contributed by atoms with Crippen LogP contribution in [0.4, 0.5) is 5.69 Å². The number of hydrogen-bond donors (Lipinski definition) is 1. The first-order chi connectivity index (χ1) is 8.63. The summed E-state index contributed by atoms with van der Waals surface area (Å²) < 4.78 is 0. The summed E-state index contributed by atoms with van der Waals surface area (Å²) in [6.07, 6.45) is 2.33. The van der Waals surface area contributed by atoms with Gasteiger partial charge in [-0.05, 0) is 31.9 Å². The van der Waals surface area contributed by atoms with Crippen LogP contribution < -0.4 is 5.73 Å². The summed E-state index contributed by atoms with van der Waals surface area (Å²) in [5.41, 5.74) is 7.03. The first kappa shape index (κ1) is 13.0. The van der Waals surface area contributed by atoms with Crippen LogP contribution in [0.15, 0.2) is 24.3 Å². The van der Waals surface area contributed by atoms with E-state index >= 15 is 0 Å². The third-order valence-electron chi connectivity index (χ3n) is 3.78. The molecular formula is C13H19N3O2. The van der Waals surface area contributed by atoms with E-state index in [1.165, 1.54) is 6.42 Å². The maximum absolute atomic E-state index is 10.6. The molecule has 0 aromatic heterocycles. The molecule has 1 heterocycles. The van der Waals surface area contributed by atoms with Crippen molar-refractivity contribution in [2.24, 2.45) is 5.73 Å². The Labute approximate surface area is 107 Å². The number of rotatable bonds is 4. The van der Waals surface area contributed by atoms with Crippen molar-refractivity contribution in [2.75, 3.05) is 13.1 Å². The third-order valence-corrected chi connectivity index (χ3v) is 3.78. The number of nitrogens with zero attached hydrogens (tertiary/aromatic N) is 2. The average molecular weight is 249 g/mol. The van der Waals surface area contributed by atoms with Crippen LogP contribution in [0.25, 0.3) is 0 Å². The second kappa shape index (κ2) is 5.46. The van der Waals surface area contributed by atoms with Crippen molar-refractivity contribution < 1.29 is 4.92 Å². The van der Waals surface area contributed by atoms with E-state index in [2.05, 4.69) is 11.8 Å². The van der Waals surface area contributed by atoms with Gasteiger partial charge in [0.1, 0.15) is 0 Å². The zero-order valence-electron chi connectivity index (χ0n) is 10.6. The second-order valence-electron chi connectivity index (χ2n) is 4.79. The van der Waals surface area contributed by atoms with E-state index < -0.39 is 0 Å². The van der Waals surface area contributed by atoms with Crippen LogP contribution in [-0.2, 0) is 0 Å². The van der Waals surface area contributed by atoms with Gasteiger partial charge in [0, 0.05) is 30.8 Å². The van der Waals surface area contributed by atoms with E-state index in [1.54, 1.807) is 12.1 Å². The molecule has 1 aromatic rings. The predicted octanol–water partition coefficient (Wildman–Crippen LogP) is 2.08. The van der Waals surface area contributed by atoms with Crippen molar-refractivity contribution in [1.29, 1.82) is 0 Å². The van der Waals surface area contributed by atoms with Gasteiger partial charge in [0.25, 0.3) is 5.69 Å². The van der Waals surface area contributed by atoms with Gasteiger partial charge in [-0.2, -0.15) is 0 Å². The highest BCUT2D eigenvalue weighted by atomic mass is 16.6. The summed E-state index contributed by atoms with van der Waals surface area (Å²) in [5.74, 6) is 0. The minimum Gasteiger partial charge on any atom is -0.329 e. The minimum absolute atomic E-state index is 0.141. The Bertz CT molecular complexity index is 419. The van der Waals surface area contributed by atoms with Crippen LogP contribution in [0.1, 0.15) is 31.4 Å².